The van der Waals surface area contributed by atoms with Gasteiger partial charge in [0.1, 0.15) is 6.61 Å². The molecule has 15 heavy (non-hydrogen) atoms. The maximum absolute atomic E-state index is 11.0. The van der Waals surface area contributed by atoms with Crippen molar-refractivity contribution in [3.05, 3.63) is 12.2 Å². The molecule has 0 aliphatic carbocycles. The first-order chi connectivity index (χ1) is 7.07. The Morgan fingerprint density at radius 1 is 1.40 bits per heavy atom. The van der Waals surface area contributed by atoms with Crippen molar-refractivity contribution in [3.63, 3.8) is 0 Å². The number of hydrogen-bond donors (Lipinski definition) is 2. The van der Waals surface area contributed by atoms with Crippen LogP contribution in [0.2, 0.25) is 6.55 Å². The van der Waals surface area contributed by atoms with Gasteiger partial charge in [0.05, 0.1) is 6.54 Å². The van der Waals surface area contributed by atoms with E-state index in [-0.39, 0.29) is 22.2 Å². The zero-order valence-electron chi connectivity index (χ0n) is 9.26. The molecule has 0 heterocycles. The lowest BCUT2D eigenvalue weighted by atomic mass is 10.4. The summed E-state index contributed by atoms with van der Waals surface area (Å²) in [6.07, 6.45) is 0.775. The molecule has 0 aromatic rings. The molecule has 2 N–H and O–H groups in total. The van der Waals surface area contributed by atoms with Gasteiger partial charge in [0.15, 0.2) is 0 Å². The van der Waals surface area contributed by atoms with Gasteiger partial charge in [-0.25, -0.2) is 9.59 Å². The second kappa shape index (κ2) is 8.04. The van der Waals surface area contributed by atoms with Crippen molar-refractivity contribution < 1.29 is 14.3 Å². The van der Waals surface area contributed by atoms with Crippen LogP contribution in [0.25, 0.3) is 0 Å². The van der Waals surface area contributed by atoms with Gasteiger partial charge >= 0.3 is 12.0 Å². The summed E-state index contributed by atoms with van der Waals surface area (Å²) in [5, 5.41) is 5.27. The standard InChI is InChI=1S/C9H18N2O3Si/c1-7(2)8(12)14-5-4-10-9(13)11-6-15-3/h1,4-6,15H2,2-3H3,(H2,10,11,13). The first kappa shape index (κ1) is 13.7. The Labute approximate surface area is 92.1 Å². The highest BCUT2D eigenvalue weighted by Gasteiger charge is 2.02. The van der Waals surface area contributed by atoms with Crippen LogP contribution in [0.4, 0.5) is 4.79 Å². The summed E-state index contributed by atoms with van der Waals surface area (Å²) >= 11 is 0. The van der Waals surface area contributed by atoms with E-state index in [0.29, 0.717) is 12.1 Å². The number of esters is 1. The first-order valence-electron chi connectivity index (χ1n) is 4.92. The van der Waals surface area contributed by atoms with E-state index in [1.165, 1.54) is 0 Å². The smallest absolute Gasteiger partial charge is 0.333 e. The molecule has 0 saturated carbocycles. The molecule has 5 nitrogen and oxygen atoms in total. The predicted octanol–water partition coefficient (Wildman–Crippen LogP) is -0.421. The molecule has 0 saturated heterocycles. The molecule has 86 valence electrons. The lowest BCUT2D eigenvalue weighted by molar-refractivity contribution is -0.138. The molecule has 0 spiro atoms. The van der Waals surface area contributed by atoms with Crippen LogP contribution in [0, 0.1) is 0 Å². The van der Waals surface area contributed by atoms with Crippen molar-refractivity contribution in [1.29, 1.82) is 0 Å². The topological polar surface area (TPSA) is 67.4 Å². The van der Waals surface area contributed by atoms with Crippen molar-refractivity contribution in [2.45, 2.75) is 13.5 Å². The number of rotatable bonds is 6. The number of ether oxygens (including phenoxy) is 1. The van der Waals surface area contributed by atoms with Crippen molar-refractivity contribution in [3.8, 4) is 0 Å². The Hall–Kier alpha value is -1.30. The molecule has 0 aromatic heterocycles. The molecule has 0 aromatic carbocycles. The lowest BCUT2D eigenvalue weighted by Gasteiger charge is -2.07. The number of urea groups is 1. The summed E-state index contributed by atoms with van der Waals surface area (Å²) in [7, 11) is -0.150. The summed E-state index contributed by atoms with van der Waals surface area (Å²) in [6, 6.07) is -0.212. The second-order valence-electron chi connectivity index (χ2n) is 3.10. The average Bonchev–Trinajstić information content (AvgIpc) is 2.20. The Morgan fingerprint density at radius 3 is 2.60 bits per heavy atom. The van der Waals surface area contributed by atoms with Crippen LogP contribution in [0.15, 0.2) is 12.2 Å². The predicted molar refractivity (Wildman–Crippen MR) is 61.6 cm³/mol. The third kappa shape index (κ3) is 7.74. The number of hydrogen-bond acceptors (Lipinski definition) is 3. The number of carbonyl (C=O) groups is 2. The van der Waals surface area contributed by atoms with E-state index < -0.39 is 5.97 Å². The van der Waals surface area contributed by atoms with Crippen LogP contribution in [-0.4, -0.2) is 40.8 Å². The molecule has 0 unspecified atom stereocenters. The fourth-order valence-corrected chi connectivity index (χ4v) is 1.21. The zero-order chi connectivity index (χ0) is 11.7. The lowest BCUT2D eigenvalue weighted by Crippen LogP contribution is -2.39. The second-order valence-corrected chi connectivity index (χ2v) is 4.60. The van der Waals surface area contributed by atoms with Crippen molar-refractivity contribution in [2.75, 3.05) is 19.3 Å². The SMILES string of the molecule is C=C(C)C(=O)OCCNC(=O)NC[SiH2]C. The van der Waals surface area contributed by atoms with Gasteiger partial charge in [-0.15, -0.1) is 0 Å². The Balaban J connectivity index is 3.42. The third-order valence-corrected chi connectivity index (χ3v) is 2.25. The van der Waals surface area contributed by atoms with Crippen molar-refractivity contribution in [1.82, 2.24) is 10.6 Å². The van der Waals surface area contributed by atoms with E-state index in [4.69, 9.17) is 4.74 Å². The highest BCUT2D eigenvalue weighted by molar-refractivity contribution is 6.34. The largest absolute Gasteiger partial charge is 0.460 e. The number of nitrogens with one attached hydrogen (secondary N) is 2. The van der Waals surface area contributed by atoms with Gasteiger partial charge in [0.2, 0.25) is 0 Å². The molecular formula is C9H18N2O3Si. The van der Waals surface area contributed by atoms with Crippen molar-refractivity contribution >= 4 is 21.5 Å². The zero-order valence-corrected chi connectivity index (χ0v) is 10.7. The first-order valence-corrected chi connectivity index (χ1v) is 7.33. The molecule has 0 fully saturated rings. The van der Waals surface area contributed by atoms with Gasteiger partial charge in [-0.05, 0) is 6.92 Å². The van der Waals surface area contributed by atoms with Gasteiger partial charge in [0.25, 0.3) is 0 Å². The van der Waals surface area contributed by atoms with Crippen LogP contribution < -0.4 is 10.6 Å². The van der Waals surface area contributed by atoms with Gasteiger partial charge < -0.3 is 15.4 Å². The monoisotopic (exact) mass is 230 g/mol. The third-order valence-electron chi connectivity index (χ3n) is 1.50. The van der Waals surface area contributed by atoms with Gasteiger partial charge in [-0.2, -0.15) is 0 Å². The van der Waals surface area contributed by atoms with Gasteiger partial charge in [-0.1, -0.05) is 13.1 Å². The fourth-order valence-electron chi connectivity index (χ4n) is 0.733. The summed E-state index contributed by atoms with van der Waals surface area (Å²) in [4.78, 5) is 21.9. The molecule has 0 atom stereocenters. The van der Waals surface area contributed by atoms with Crippen LogP contribution >= 0.6 is 0 Å². The van der Waals surface area contributed by atoms with Crippen LogP contribution in [0.1, 0.15) is 6.92 Å². The van der Waals surface area contributed by atoms with E-state index in [1.54, 1.807) is 6.92 Å². The fraction of sp³-hybridized carbons (Fsp3) is 0.556. The minimum absolute atomic E-state index is 0.150. The molecule has 0 bridgehead atoms. The maximum atomic E-state index is 11.0. The normalized spacial score (nSPS) is 10.0. The van der Waals surface area contributed by atoms with E-state index in [1.807, 2.05) is 0 Å². The molecule has 0 rings (SSSR count). The van der Waals surface area contributed by atoms with E-state index in [9.17, 15) is 9.59 Å². The highest BCUT2D eigenvalue weighted by atomic mass is 28.2. The summed E-state index contributed by atoms with van der Waals surface area (Å²) in [6.45, 7) is 7.61. The maximum Gasteiger partial charge on any atom is 0.333 e. The Kier molecular flexibility index (Phi) is 7.34. The highest BCUT2D eigenvalue weighted by Crippen LogP contribution is 1.90. The summed E-state index contributed by atoms with van der Waals surface area (Å²) in [5.74, 6) is -0.432. The molecular weight excluding hydrogens is 212 g/mol. The summed E-state index contributed by atoms with van der Waals surface area (Å²) < 4.78 is 4.79. The number of carbonyl (C=O) groups excluding carboxylic acids is 2. The van der Waals surface area contributed by atoms with Crippen LogP contribution in [0.5, 0.6) is 0 Å². The van der Waals surface area contributed by atoms with Crippen LogP contribution in [-0.2, 0) is 9.53 Å². The van der Waals surface area contributed by atoms with E-state index in [2.05, 4.69) is 23.8 Å². The molecule has 6 heteroatoms. The quantitative estimate of drug-likeness (QED) is 0.282. The van der Waals surface area contributed by atoms with Gasteiger partial charge in [0, 0.05) is 21.3 Å². The Bertz CT molecular complexity index is 244. The van der Waals surface area contributed by atoms with E-state index >= 15 is 0 Å². The molecule has 2 amide bonds. The van der Waals surface area contributed by atoms with Gasteiger partial charge in [-0.3, -0.25) is 0 Å². The minimum atomic E-state index is -0.432. The van der Waals surface area contributed by atoms with E-state index in [0.717, 1.165) is 6.17 Å². The number of amides is 2. The minimum Gasteiger partial charge on any atom is -0.460 e. The molecule has 0 aliphatic rings. The van der Waals surface area contributed by atoms with Crippen LogP contribution in [0.3, 0.4) is 0 Å². The Morgan fingerprint density at radius 2 is 2.07 bits per heavy atom. The van der Waals surface area contributed by atoms with Crippen molar-refractivity contribution in [2.24, 2.45) is 0 Å². The average molecular weight is 230 g/mol. The summed E-state index contributed by atoms with van der Waals surface area (Å²) in [5.41, 5.74) is 0.358. The molecule has 0 radical (unpaired) electrons. The molecule has 0 aliphatic heterocycles.